The molecule has 0 aliphatic heterocycles. The second-order valence-corrected chi connectivity index (χ2v) is 12.8. The summed E-state index contributed by atoms with van der Waals surface area (Å²) in [5.74, 6) is -0.185. The quantitative estimate of drug-likeness (QED) is 0.149. The summed E-state index contributed by atoms with van der Waals surface area (Å²) in [6.45, 7) is 15.4. The van der Waals surface area contributed by atoms with E-state index in [1.165, 1.54) is 0 Å². The Labute approximate surface area is 213 Å². The van der Waals surface area contributed by atoms with Gasteiger partial charge in [0.15, 0.2) is 0 Å². The highest BCUT2D eigenvalue weighted by Gasteiger charge is 2.40. The third-order valence-corrected chi connectivity index (χ3v) is 11.0. The Bertz CT molecular complexity index is 479. The molecule has 35 heavy (non-hydrogen) atoms. The molecule has 0 aromatic rings. The molecule has 0 saturated carbocycles. The van der Waals surface area contributed by atoms with Crippen molar-refractivity contribution in [1.82, 2.24) is 10.6 Å². The second kappa shape index (κ2) is 21.1. The van der Waals surface area contributed by atoms with Gasteiger partial charge in [0.1, 0.15) is 6.61 Å². The van der Waals surface area contributed by atoms with Crippen LogP contribution in [0.3, 0.4) is 0 Å². The van der Waals surface area contributed by atoms with E-state index in [1.807, 2.05) is 41.5 Å². The summed E-state index contributed by atoms with van der Waals surface area (Å²) in [6, 6.07) is 1.23. The van der Waals surface area contributed by atoms with Crippen LogP contribution in [-0.4, -0.2) is 88.9 Å². The van der Waals surface area contributed by atoms with E-state index in [0.717, 1.165) is 0 Å². The van der Waals surface area contributed by atoms with Crippen LogP contribution in [0.2, 0.25) is 12.1 Å². The highest BCUT2D eigenvalue weighted by Crippen LogP contribution is 2.18. The van der Waals surface area contributed by atoms with Gasteiger partial charge in [0.2, 0.25) is 5.91 Å². The molecule has 0 aliphatic carbocycles. The first kappa shape index (κ1) is 33.9. The third-order valence-electron chi connectivity index (χ3n) is 4.66. The van der Waals surface area contributed by atoms with Gasteiger partial charge in [-0.1, -0.05) is 0 Å². The monoisotopic (exact) mass is 540 g/mol. The molecule has 0 saturated heterocycles. The Kier molecular flexibility index (Phi) is 20.4. The summed E-state index contributed by atoms with van der Waals surface area (Å²) in [4.78, 5) is 23.9. The molecular weight excluding hydrogens is 492 g/mol. The molecule has 0 rings (SSSR count). The standard InChI is InChI=1S/C22H48N2O9Si2/c1-7-28-34(29-8-2,30-9-3)19-13-16-23-21(25)15-18-27-22(26)24-17-14-20-35(31-10-4,32-11-5)33-12-6/h7-20H2,1-6H3,(H,23,25)(H,24,26). The highest BCUT2D eigenvalue weighted by atomic mass is 28.4. The Balaban J connectivity index is 4.14. The molecule has 13 heteroatoms. The van der Waals surface area contributed by atoms with Crippen LogP contribution in [0, 0.1) is 0 Å². The van der Waals surface area contributed by atoms with Crippen molar-refractivity contribution >= 4 is 29.6 Å². The average Bonchev–Trinajstić information content (AvgIpc) is 2.81. The predicted octanol–water partition coefficient (Wildman–Crippen LogP) is 3.10. The molecule has 208 valence electrons. The zero-order chi connectivity index (χ0) is 26.4. The van der Waals surface area contributed by atoms with Gasteiger partial charge in [-0.05, 0) is 54.4 Å². The first-order chi connectivity index (χ1) is 16.9. The highest BCUT2D eigenvalue weighted by molar-refractivity contribution is 6.61. The number of carbonyl (C=O) groups is 2. The molecule has 2 amide bonds. The SMILES string of the molecule is CCO[Si](CCCNC(=O)CCOC(=O)NCCC[Si](OCC)(OCC)OCC)(OCC)OCC. The van der Waals surface area contributed by atoms with Gasteiger partial charge in [0, 0.05) is 64.8 Å². The van der Waals surface area contributed by atoms with Gasteiger partial charge < -0.3 is 41.9 Å². The second-order valence-electron chi connectivity index (χ2n) is 7.33. The summed E-state index contributed by atoms with van der Waals surface area (Å²) in [5, 5.41) is 5.51. The van der Waals surface area contributed by atoms with Crippen molar-refractivity contribution < 1.29 is 40.9 Å². The molecule has 0 radical (unpaired) electrons. The average molecular weight is 541 g/mol. The van der Waals surface area contributed by atoms with Crippen LogP contribution < -0.4 is 10.6 Å². The molecule has 0 bridgehead atoms. The predicted molar refractivity (Wildman–Crippen MR) is 137 cm³/mol. The van der Waals surface area contributed by atoms with E-state index in [2.05, 4.69) is 10.6 Å². The van der Waals surface area contributed by atoms with Crippen molar-refractivity contribution in [3.05, 3.63) is 0 Å². The fourth-order valence-corrected chi connectivity index (χ4v) is 8.63. The fraction of sp³-hybridized carbons (Fsp3) is 0.909. The molecule has 0 heterocycles. The number of hydrogen-bond donors (Lipinski definition) is 2. The van der Waals surface area contributed by atoms with E-state index in [9.17, 15) is 9.59 Å². The normalized spacial score (nSPS) is 11.9. The van der Waals surface area contributed by atoms with E-state index in [0.29, 0.717) is 77.7 Å². The van der Waals surface area contributed by atoms with E-state index in [4.69, 9.17) is 31.3 Å². The maximum atomic E-state index is 12.0. The van der Waals surface area contributed by atoms with E-state index in [-0.39, 0.29) is 18.9 Å². The number of ether oxygens (including phenoxy) is 1. The molecule has 11 nitrogen and oxygen atoms in total. The molecule has 0 fully saturated rings. The van der Waals surface area contributed by atoms with Gasteiger partial charge in [-0.3, -0.25) is 4.79 Å². The molecule has 0 spiro atoms. The minimum Gasteiger partial charge on any atom is -0.449 e. The zero-order valence-electron chi connectivity index (χ0n) is 22.6. The lowest BCUT2D eigenvalue weighted by molar-refractivity contribution is -0.121. The first-order valence-electron chi connectivity index (χ1n) is 12.9. The topological polar surface area (TPSA) is 123 Å². The minimum atomic E-state index is -2.72. The van der Waals surface area contributed by atoms with Crippen LogP contribution in [0.1, 0.15) is 60.8 Å². The van der Waals surface area contributed by atoms with Crippen molar-refractivity contribution in [2.75, 3.05) is 59.3 Å². The summed E-state index contributed by atoms with van der Waals surface area (Å²) in [5.41, 5.74) is 0. The van der Waals surface area contributed by atoms with Gasteiger partial charge in [0.05, 0.1) is 6.42 Å². The molecule has 0 aromatic heterocycles. The number of alkyl carbamates (subject to hydrolysis) is 1. The van der Waals surface area contributed by atoms with Gasteiger partial charge in [0.25, 0.3) is 0 Å². The molecule has 0 aromatic carbocycles. The fourth-order valence-electron chi connectivity index (χ4n) is 3.41. The van der Waals surface area contributed by atoms with Crippen LogP contribution >= 0.6 is 0 Å². The van der Waals surface area contributed by atoms with Gasteiger partial charge >= 0.3 is 23.7 Å². The van der Waals surface area contributed by atoms with Crippen molar-refractivity contribution in [2.45, 2.75) is 72.9 Å². The molecule has 0 unspecified atom stereocenters. The summed E-state index contributed by atoms with van der Waals surface area (Å²) in [7, 11) is -5.42. The van der Waals surface area contributed by atoms with Crippen LogP contribution in [0.4, 0.5) is 4.79 Å². The van der Waals surface area contributed by atoms with E-state index in [1.54, 1.807) is 0 Å². The van der Waals surface area contributed by atoms with E-state index < -0.39 is 23.7 Å². The smallest absolute Gasteiger partial charge is 0.449 e. The van der Waals surface area contributed by atoms with Gasteiger partial charge in [-0.2, -0.15) is 0 Å². The largest absolute Gasteiger partial charge is 0.500 e. The number of hydrogen-bond acceptors (Lipinski definition) is 9. The van der Waals surface area contributed by atoms with Crippen LogP contribution in [0.25, 0.3) is 0 Å². The number of amides is 2. The molecule has 2 N–H and O–H groups in total. The lowest BCUT2D eigenvalue weighted by Crippen LogP contribution is -2.46. The maximum Gasteiger partial charge on any atom is 0.500 e. The molecule has 0 atom stereocenters. The number of rotatable bonds is 23. The van der Waals surface area contributed by atoms with E-state index >= 15 is 0 Å². The van der Waals surface area contributed by atoms with Crippen molar-refractivity contribution in [3.63, 3.8) is 0 Å². The van der Waals surface area contributed by atoms with Crippen molar-refractivity contribution in [2.24, 2.45) is 0 Å². The van der Waals surface area contributed by atoms with Gasteiger partial charge in [-0.25, -0.2) is 4.79 Å². The lowest BCUT2D eigenvalue weighted by atomic mass is 10.4. The summed E-state index contributed by atoms with van der Waals surface area (Å²) >= 11 is 0. The van der Waals surface area contributed by atoms with Crippen molar-refractivity contribution in [3.8, 4) is 0 Å². The van der Waals surface area contributed by atoms with Crippen molar-refractivity contribution in [1.29, 1.82) is 0 Å². The first-order valence-corrected chi connectivity index (χ1v) is 16.7. The van der Waals surface area contributed by atoms with Gasteiger partial charge in [-0.15, -0.1) is 0 Å². The maximum absolute atomic E-state index is 12.0. The van der Waals surface area contributed by atoms with Crippen LogP contribution in [-0.2, 0) is 36.1 Å². The number of carbonyl (C=O) groups excluding carboxylic acids is 2. The van der Waals surface area contributed by atoms with Crippen LogP contribution in [0.5, 0.6) is 0 Å². The lowest BCUT2D eigenvalue weighted by Gasteiger charge is -2.28. The van der Waals surface area contributed by atoms with Crippen LogP contribution in [0.15, 0.2) is 0 Å². The summed E-state index contributed by atoms with van der Waals surface area (Å²) in [6.07, 6.45) is 0.843. The Hall–Kier alpha value is -1.07. The number of nitrogens with one attached hydrogen (secondary N) is 2. The zero-order valence-corrected chi connectivity index (χ0v) is 24.6. The minimum absolute atomic E-state index is 0.00270. The Morgan fingerprint density at radius 3 is 1.34 bits per heavy atom. The molecular formula is C22H48N2O9Si2. The third kappa shape index (κ3) is 15.6. The summed E-state index contributed by atoms with van der Waals surface area (Å²) < 4.78 is 39.9. The Morgan fingerprint density at radius 1 is 0.600 bits per heavy atom. The molecule has 0 aliphatic rings. The Morgan fingerprint density at radius 2 is 0.971 bits per heavy atom.